The molecule has 1 saturated carbocycles. The standard InChI is InChI=1S/C15H25BrN2OS/c1-2-19-15(11-6-4-3-5-7-11)14(18-17)9-13-8-12(16)10-20-13/h8,10-11,14-15,18H,2-7,9,17H2,1H3. The molecule has 20 heavy (non-hydrogen) atoms. The van der Waals surface area contributed by atoms with Crippen molar-refractivity contribution in [2.75, 3.05) is 6.61 Å². The van der Waals surface area contributed by atoms with Gasteiger partial charge in [-0.3, -0.25) is 11.3 Å². The first-order valence-corrected chi connectivity index (χ1v) is 9.22. The summed E-state index contributed by atoms with van der Waals surface area (Å²) in [6.07, 6.45) is 7.74. The molecule has 0 aliphatic heterocycles. The number of nitrogens with one attached hydrogen (secondary N) is 1. The quantitative estimate of drug-likeness (QED) is 0.573. The van der Waals surface area contributed by atoms with Crippen LogP contribution in [0.2, 0.25) is 0 Å². The molecule has 1 fully saturated rings. The highest BCUT2D eigenvalue weighted by Crippen LogP contribution is 2.31. The Morgan fingerprint density at radius 1 is 1.45 bits per heavy atom. The lowest BCUT2D eigenvalue weighted by Gasteiger charge is -2.35. The fourth-order valence-electron chi connectivity index (χ4n) is 3.18. The average molecular weight is 361 g/mol. The second-order valence-electron chi connectivity index (χ2n) is 5.53. The van der Waals surface area contributed by atoms with Crippen LogP contribution in [0.15, 0.2) is 15.9 Å². The van der Waals surface area contributed by atoms with Crippen molar-refractivity contribution in [2.45, 2.75) is 57.6 Å². The number of halogens is 1. The van der Waals surface area contributed by atoms with Gasteiger partial charge in [0.05, 0.1) is 12.1 Å². The Hall–Kier alpha value is 0.0600. The number of rotatable bonds is 7. The Kier molecular flexibility index (Phi) is 6.97. The zero-order valence-corrected chi connectivity index (χ0v) is 14.5. The molecule has 0 bridgehead atoms. The summed E-state index contributed by atoms with van der Waals surface area (Å²) in [5.74, 6) is 6.47. The predicted octanol–water partition coefficient (Wildman–Crippen LogP) is 3.87. The molecule has 3 N–H and O–H groups in total. The molecule has 114 valence electrons. The number of thiophene rings is 1. The minimum absolute atomic E-state index is 0.198. The van der Waals surface area contributed by atoms with Crippen LogP contribution in [0.4, 0.5) is 0 Å². The molecule has 1 aromatic heterocycles. The van der Waals surface area contributed by atoms with Gasteiger partial charge in [-0.1, -0.05) is 19.3 Å². The van der Waals surface area contributed by atoms with Gasteiger partial charge >= 0.3 is 0 Å². The Morgan fingerprint density at radius 3 is 2.75 bits per heavy atom. The topological polar surface area (TPSA) is 47.3 Å². The van der Waals surface area contributed by atoms with Crippen LogP contribution in [0.3, 0.4) is 0 Å². The number of ether oxygens (including phenoxy) is 1. The number of hydrazine groups is 1. The maximum atomic E-state index is 6.06. The predicted molar refractivity (Wildman–Crippen MR) is 88.8 cm³/mol. The second-order valence-corrected chi connectivity index (χ2v) is 7.44. The zero-order valence-electron chi connectivity index (χ0n) is 12.1. The van der Waals surface area contributed by atoms with Crippen LogP contribution in [0.1, 0.15) is 43.9 Å². The lowest BCUT2D eigenvalue weighted by molar-refractivity contribution is -0.0173. The van der Waals surface area contributed by atoms with E-state index in [9.17, 15) is 0 Å². The fourth-order valence-corrected chi connectivity index (χ4v) is 4.69. The van der Waals surface area contributed by atoms with Crippen molar-refractivity contribution in [1.82, 2.24) is 5.43 Å². The molecule has 0 aromatic carbocycles. The van der Waals surface area contributed by atoms with Gasteiger partial charge in [-0.25, -0.2) is 0 Å². The summed E-state index contributed by atoms with van der Waals surface area (Å²) in [6, 6.07) is 2.38. The molecule has 0 amide bonds. The minimum atomic E-state index is 0.198. The Labute approximate surface area is 134 Å². The molecule has 1 aliphatic carbocycles. The molecular formula is C15H25BrN2OS. The molecule has 0 spiro atoms. The van der Waals surface area contributed by atoms with E-state index >= 15 is 0 Å². The van der Waals surface area contributed by atoms with E-state index in [0.29, 0.717) is 5.92 Å². The summed E-state index contributed by atoms with van der Waals surface area (Å²) in [7, 11) is 0. The molecule has 2 unspecified atom stereocenters. The van der Waals surface area contributed by atoms with E-state index in [1.165, 1.54) is 37.0 Å². The van der Waals surface area contributed by atoms with Crippen LogP contribution in [-0.2, 0) is 11.2 Å². The van der Waals surface area contributed by atoms with E-state index in [0.717, 1.165) is 17.5 Å². The lowest BCUT2D eigenvalue weighted by Crippen LogP contribution is -2.50. The zero-order chi connectivity index (χ0) is 14.4. The van der Waals surface area contributed by atoms with E-state index in [1.807, 2.05) is 0 Å². The van der Waals surface area contributed by atoms with E-state index in [1.54, 1.807) is 11.3 Å². The van der Waals surface area contributed by atoms with Crippen molar-refractivity contribution in [3.8, 4) is 0 Å². The third-order valence-electron chi connectivity index (χ3n) is 4.13. The molecule has 1 aromatic rings. The molecule has 1 aliphatic rings. The van der Waals surface area contributed by atoms with Gasteiger partial charge in [0.25, 0.3) is 0 Å². The first-order chi connectivity index (χ1) is 9.74. The van der Waals surface area contributed by atoms with Crippen molar-refractivity contribution in [1.29, 1.82) is 0 Å². The molecule has 1 heterocycles. The third-order valence-corrected chi connectivity index (χ3v) is 5.85. The number of nitrogens with two attached hydrogens (primary N) is 1. The number of hydrogen-bond donors (Lipinski definition) is 2. The smallest absolute Gasteiger partial charge is 0.0772 e. The number of hydrogen-bond acceptors (Lipinski definition) is 4. The third kappa shape index (κ3) is 4.53. The van der Waals surface area contributed by atoms with Crippen LogP contribution < -0.4 is 11.3 Å². The van der Waals surface area contributed by atoms with Crippen LogP contribution in [0, 0.1) is 5.92 Å². The van der Waals surface area contributed by atoms with Gasteiger partial charge in [-0.2, -0.15) is 0 Å². The van der Waals surface area contributed by atoms with Crippen LogP contribution in [-0.4, -0.2) is 18.8 Å². The highest BCUT2D eigenvalue weighted by atomic mass is 79.9. The molecule has 0 radical (unpaired) electrons. The van der Waals surface area contributed by atoms with Crippen molar-refractivity contribution >= 4 is 27.3 Å². The van der Waals surface area contributed by atoms with Crippen LogP contribution >= 0.6 is 27.3 Å². The van der Waals surface area contributed by atoms with Gasteiger partial charge in [0.1, 0.15) is 0 Å². The minimum Gasteiger partial charge on any atom is -0.377 e. The Balaban J connectivity index is 2.03. The van der Waals surface area contributed by atoms with Gasteiger partial charge in [0, 0.05) is 27.8 Å². The van der Waals surface area contributed by atoms with Gasteiger partial charge in [0.2, 0.25) is 0 Å². The van der Waals surface area contributed by atoms with Crippen molar-refractivity contribution < 1.29 is 4.74 Å². The van der Waals surface area contributed by atoms with Gasteiger partial charge in [-0.05, 0) is 47.7 Å². The molecule has 3 nitrogen and oxygen atoms in total. The highest BCUT2D eigenvalue weighted by molar-refractivity contribution is 9.10. The van der Waals surface area contributed by atoms with Gasteiger partial charge in [-0.15, -0.1) is 11.3 Å². The van der Waals surface area contributed by atoms with E-state index in [-0.39, 0.29) is 12.1 Å². The summed E-state index contributed by atoms with van der Waals surface area (Å²) >= 11 is 5.29. The maximum absolute atomic E-state index is 6.06. The van der Waals surface area contributed by atoms with Crippen molar-refractivity contribution in [2.24, 2.45) is 11.8 Å². The van der Waals surface area contributed by atoms with Gasteiger partial charge < -0.3 is 4.74 Å². The summed E-state index contributed by atoms with van der Waals surface area (Å²) < 4.78 is 7.22. The van der Waals surface area contributed by atoms with E-state index in [2.05, 4.69) is 39.7 Å². The molecule has 2 atom stereocenters. The van der Waals surface area contributed by atoms with Crippen molar-refractivity contribution in [3.05, 3.63) is 20.8 Å². The maximum Gasteiger partial charge on any atom is 0.0772 e. The summed E-state index contributed by atoms with van der Waals surface area (Å²) in [5, 5.41) is 2.12. The molecule has 0 saturated heterocycles. The SMILES string of the molecule is CCOC(C1CCCCC1)C(Cc1cc(Br)cs1)NN. The molecule has 2 rings (SSSR count). The summed E-state index contributed by atoms with van der Waals surface area (Å²) in [4.78, 5) is 1.35. The van der Waals surface area contributed by atoms with Crippen LogP contribution in [0.5, 0.6) is 0 Å². The monoisotopic (exact) mass is 360 g/mol. The highest BCUT2D eigenvalue weighted by Gasteiger charge is 2.31. The Bertz CT molecular complexity index is 393. The largest absolute Gasteiger partial charge is 0.377 e. The summed E-state index contributed by atoms with van der Waals surface area (Å²) in [6.45, 7) is 2.83. The lowest BCUT2D eigenvalue weighted by atomic mass is 9.82. The van der Waals surface area contributed by atoms with E-state index in [4.69, 9.17) is 10.6 Å². The normalized spacial score (nSPS) is 19.9. The van der Waals surface area contributed by atoms with Gasteiger partial charge in [0.15, 0.2) is 0 Å². The Morgan fingerprint density at radius 2 is 2.20 bits per heavy atom. The first kappa shape index (κ1) is 16.4. The first-order valence-electron chi connectivity index (χ1n) is 7.55. The molecular weight excluding hydrogens is 336 g/mol. The van der Waals surface area contributed by atoms with Crippen LogP contribution in [0.25, 0.3) is 0 Å². The molecule has 5 heteroatoms. The summed E-state index contributed by atoms with van der Waals surface area (Å²) in [5.41, 5.74) is 3.01. The second kappa shape index (κ2) is 8.49. The fraction of sp³-hybridized carbons (Fsp3) is 0.733. The van der Waals surface area contributed by atoms with Crippen molar-refractivity contribution in [3.63, 3.8) is 0 Å². The van der Waals surface area contributed by atoms with E-state index < -0.39 is 0 Å². The average Bonchev–Trinajstić information content (AvgIpc) is 2.89.